The van der Waals surface area contributed by atoms with Gasteiger partial charge in [0.15, 0.2) is 0 Å². The van der Waals surface area contributed by atoms with Gasteiger partial charge in [-0.3, -0.25) is 0 Å². The van der Waals surface area contributed by atoms with Crippen molar-refractivity contribution in [3.63, 3.8) is 0 Å². The van der Waals surface area contributed by atoms with Crippen molar-refractivity contribution in [2.45, 2.75) is 5.41 Å². The molecule has 0 amide bonds. The molecule has 0 N–H and O–H groups in total. The Hall–Kier alpha value is -8.14. The third kappa shape index (κ3) is 4.94. The van der Waals surface area contributed by atoms with Crippen molar-refractivity contribution in [1.82, 2.24) is 0 Å². The van der Waals surface area contributed by atoms with E-state index in [-0.39, 0.29) is 0 Å². The van der Waals surface area contributed by atoms with Crippen molar-refractivity contribution < 1.29 is 8.83 Å². The molecule has 1 aliphatic rings. The van der Waals surface area contributed by atoms with Crippen LogP contribution in [0, 0.1) is 0 Å². The molecule has 0 fully saturated rings. The Labute approximate surface area is 358 Å². The van der Waals surface area contributed by atoms with Gasteiger partial charge in [0, 0.05) is 27.9 Å². The summed E-state index contributed by atoms with van der Waals surface area (Å²) in [6.45, 7) is 0. The summed E-state index contributed by atoms with van der Waals surface area (Å²) in [5, 5.41) is 6.71. The molecule has 0 saturated carbocycles. The van der Waals surface area contributed by atoms with Gasteiger partial charge in [-0.2, -0.15) is 0 Å². The van der Waals surface area contributed by atoms with Gasteiger partial charge in [0.25, 0.3) is 0 Å². The number of benzene rings is 10. The van der Waals surface area contributed by atoms with Crippen LogP contribution >= 0.6 is 0 Å². The molecule has 2 aromatic heterocycles. The molecular formula is C59H37NO2. The Morgan fingerprint density at radius 1 is 0.339 bits per heavy atom. The highest BCUT2D eigenvalue weighted by molar-refractivity contribution is 6.20. The minimum absolute atomic E-state index is 0.652. The van der Waals surface area contributed by atoms with Crippen molar-refractivity contribution in [2.24, 2.45) is 0 Å². The molecule has 10 aromatic carbocycles. The molecule has 0 saturated heterocycles. The number of hydrogen-bond donors (Lipinski definition) is 0. The predicted octanol–water partition coefficient (Wildman–Crippen LogP) is 16.1. The third-order valence-corrected chi connectivity index (χ3v) is 13.1. The molecule has 0 spiro atoms. The van der Waals surface area contributed by atoms with Crippen LogP contribution in [0.2, 0.25) is 0 Å². The fraction of sp³-hybridized carbons (Fsp3) is 0.0169. The quantitative estimate of drug-likeness (QED) is 0.168. The van der Waals surface area contributed by atoms with Crippen LogP contribution < -0.4 is 4.90 Å². The topological polar surface area (TPSA) is 29.5 Å². The maximum atomic E-state index is 6.83. The van der Waals surface area contributed by atoms with Crippen molar-refractivity contribution in [2.75, 3.05) is 4.90 Å². The van der Waals surface area contributed by atoms with Crippen LogP contribution in [-0.4, -0.2) is 0 Å². The van der Waals surface area contributed by atoms with Crippen molar-refractivity contribution in [3.8, 4) is 22.3 Å². The highest BCUT2D eigenvalue weighted by Crippen LogP contribution is 2.59. The summed E-state index contributed by atoms with van der Waals surface area (Å²) in [5.74, 6) is 0. The van der Waals surface area contributed by atoms with Gasteiger partial charge in [-0.05, 0) is 97.7 Å². The molecule has 12 aromatic rings. The number of hydrogen-bond acceptors (Lipinski definition) is 3. The SMILES string of the molecule is c1ccc(-c2cc(N(c3ccc4c(c3)oc3ccc5ccccc5c34)c3ccccc3C3(c4ccccc4)c4ccccc4-c4ccccc43)c3c(c2)oc2ccccc23)cc1. The number of anilines is 3. The Morgan fingerprint density at radius 3 is 1.74 bits per heavy atom. The first-order valence-electron chi connectivity index (χ1n) is 21.2. The number of para-hydroxylation sites is 2. The van der Waals surface area contributed by atoms with E-state index in [2.05, 4.69) is 223 Å². The fourth-order valence-electron chi connectivity index (χ4n) is 10.6. The van der Waals surface area contributed by atoms with Crippen molar-refractivity contribution in [1.29, 1.82) is 0 Å². The van der Waals surface area contributed by atoms with Crippen molar-refractivity contribution >= 4 is 71.7 Å². The van der Waals surface area contributed by atoms with Gasteiger partial charge in [0.2, 0.25) is 0 Å². The molecule has 62 heavy (non-hydrogen) atoms. The lowest BCUT2D eigenvalue weighted by atomic mass is 9.67. The summed E-state index contributed by atoms with van der Waals surface area (Å²) in [7, 11) is 0. The molecule has 0 bridgehead atoms. The lowest BCUT2D eigenvalue weighted by molar-refractivity contribution is 0.669. The van der Waals surface area contributed by atoms with E-state index in [1.807, 2.05) is 6.07 Å². The van der Waals surface area contributed by atoms with E-state index < -0.39 is 5.41 Å². The van der Waals surface area contributed by atoms with Crippen LogP contribution in [-0.2, 0) is 5.41 Å². The number of rotatable bonds is 6. The minimum atomic E-state index is -0.652. The largest absolute Gasteiger partial charge is 0.456 e. The molecule has 3 heteroatoms. The van der Waals surface area contributed by atoms with Gasteiger partial charge in [0.1, 0.15) is 22.3 Å². The monoisotopic (exact) mass is 791 g/mol. The van der Waals surface area contributed by atoms with Gasteiger partial charge in [0.05, 0.1) is 22.2 Å². The first-order chi connectivity index (χ1) is 30.8. The van der Waals surface area contributed by atoms with Crippen molar-refractivity contribution in [3.05, 3.63) is 247 Å². The summed E-state index contributed by atoms with van der Waals surface area (Å²) in [4.78, 5) is 2.46. The highest BCUT2D eigenvalue weighted by Gasteiger charge is 2.47. The number of nitrogens with zero attached hydrogens (tertiary/aromatic N) is 1. The van der Waals surface area contributed by atoms with E-state index in [9.17, 15) is 0 Å². The molecule has 290 valence electrons. The Balaban J connectivity index is 1.18. The van der Waals surface area contributed by atoms with E-state index in [1.165, 1.54) is 44.2 Å². The van der Waals surface area contributed by atoms with Crippen LogP contribution in [0.5, 0.6) is 0 Å². The van der Waals surface area contributed by atoms with E-state index >= 15 is 0 Å². The number of furan rings is 2. The highest BCUT2D eigenvalue weighted by atomic mass is 16.3. The maximum Gasteiger partial charge on any atom is 0.138 e. The normalized spacial score (nSPS) is 13.0. The number of fused-ring (bicyclic) bond motifs is 11. The second-order valence-electron chi connectivity index (χ2n) is 16.3. The zero-order chi connectivity index (χ0) is 40.8. The first-order valence-corrected chi connectivity index (χ1v) is 21.2. The molecule has 2 heterocycles. The van der Waals surface area contributed by atoms with Crippen LogP contribution in [0.4, 0.5) is 17.1 Å². The van der Waals surface area contributed by atoms with Crippen LogP contribution in [0.1, 0.15) is 22.3 Å². The zero-order valence-electron chi connectivity index (χ0n) is 33.6. The van der Waals surface area contributed by atoms with Gasteiger partial charge in [-0.15, -0.1) is 0 Å². The summed E-state index contributed by atoms with van der Waals surface area (Å²) in [6, 6.07) is 81.1. The van der Waals surface area contributed by atoms with Gasteiger partial charge < -0.3 is 13.7 Å². The van der Waals surface area contributed by atoms with Gasteiger partial charge in [-0.25, -0.2) is 0 Å². The van der Waals surface area contributed by atoms with Gasteiger partial charge in [-0.1, -0.05) is 176 Å². The average Bonchev–Trinajstić information content (AvgIpc) is 4.01. The standard InChI is InChI=1S/C59H37NO2/c1-3-17-38(18-4-1)40-35-52(58-46-25-11-16-30-53(46)61-56(58)36-40)60(42-32-33-47-55(37-42)62-54-34-31-39-19-7-8-22-43(39)57(47)54)51-29-15-14-28-50(51)59(41-20-5-2-6-21-41)48-26-12-9-23-44(48)45-24-10-13-27-49(45)59/h1-37H. The minimum Gasteiger partial charge on any atom is -0.456 e. The molecule has 0 aliphatic heterocycles. The molecular weight excluding hydrogens is 755 g/mol. The van der Waals surface area contributed by atoms with Gasteiger partial charge >= 0.3 is 0 Å². The third-order valence-electron chi connectivity index (χ3n) is 13.1. The van der Waals surface area contributed by atoms with E-state index in [0.717, 1.165) is 72.1 Å². The molecule has 3 nitrogen and oxygen atoms in total. The summed E-state index contributed by atoms with van der Waals surface area (Å²) in [5.41, 5.74) is 15.4. The Morgan fingerprint density at radius 2 is 0.952 bits per heavy atom. The lowest BCUT2D eigenvalue weighted by Gasteiger charge is -2.38. The van der Waals surface area contributed by atoms with Crippen LogP contribution in [0.15, 0.2) is 233 Å². The van der Waals surface area contributed by atoms with E-state index in [4.69, 9.17) is 8.83 Å². The summed E-state index contributed by atoms with van der Waals surface area (Å²) in [6.07, 6.45) is 0. The molecule has 0 radical (unpaired) electrons. The van der Waals surface area contributed by atoms with E-state index in [0.29, 0.717) is 0 Å². The average molecular weight is 792 g/mol. The maximum absolute atomic E-state index is 6.83. The van der Waals surface area contributed by atoms with Crippen LogP contribution in [0.3, 0.4) is 0 Å². The molecule has 0 unspecified atom stereocenters. The Kier molecular flexibility index (Phi) is 7.52. The summed E-state index contributed by atoms with van der Waals surface area (Å²) >= 11 is 0. The zero-order valence-corrected chi connectivity index (χ0v) is 33.6. The molecule has 1 aliphatic carbocycles. The predicted molar refractivity (Wildman–Crippen MR) is 256 cm³/mol. The molecule has 13 rings (SSSR count). The second-order valence-corrected chi connectivity index (χ2v) is 16.3. The Bertz CT molecular complexity index is 3660. The lowest BCUT2D eigenvalue weighted by Crippen LogP contribution is -2.30. The summed E-state index contributed by atoms with van der Waals surface area (Å²) < 4.78 is 13.6. The molecule has 0 atom stereocenters. The van der Waals surface area contributed by atoms with Crippen LogP contribution in [0.25, 0.3) is 76.9 Å². The second kappa shape index (κ2) is 13.4. The smallest absolute Gasteiger partial charge is 0.138 e. The first kappa shape index (κ1) is 34.7. The fourth-order valence-corrected chi connectivity index (χ4v) is 10.6. The van der Waals surface area contributed by atoms with E-state index in [1.54, 1.807) is 0 Å².